The summed E-state index contributed by atoms with van der Waals surface area (Å²) in [6.07, 6.45) is -0.469. The first-order chi connectivity index (χ1) is 17.2. The van der Waals surface area contributed by atoms with Crippen molar-refractivity contribution in [3.63, 3.8) is 0 Å². The number of aliphatic carboxylic acids is 1. The van der Waals surface area contributed by atoms with E-state index in [1.54, 1.807) is 26.8 Å². The number of hydrogen-bond acceptors (Lipinski definition) is 5. The maximum Gasteiger partial charge on any atom is 0.311 e. The summed E-state index contributed by atoms with van der Waals surface area (Å²) in [4.78, 5) is 23.9. The second-order valence-corrected chi connectivity index (χ2v) is 9.07. The highest BCUT2D eigenvalue weighted by atomic mass is 35.5. The molecule has 3 aromatic carbocycles. The summed E-state index contributed by atoms with van der Waals surface area (Å²) in [5.41, 5.74) is 5.52. The Labute approximate surface area is 214 Å². The molecule has 36 heavy (non-hydrogen) atoms. The molecule has 0 fully saturated rings. The van der Waals surface area contributed by atoms with Crippen molar-refractivity contribution in [1.29, 1.82) is 0 Å². The summed E-state index contributed by atoms with van der Waals surface area (Å²) in [5.74, 6) is -1.30. The zero-order valence-corrected chi connectivity index (χ0v) is 21.0. The second kappa shape index (κ2) is 10.8. The van der Waals surface area contributed by atoms with Gasteiger partial charge in [0.05, 0.1) is 18.0 Å². The molecule has 1 heterocycles. The number of carboxylic acid groups (broad SMARTS) is 1. The summed E-state index contributed by atoms with van der Waals surface area (Å²) < 4.78 is 11.2. The Balaban J connectivity index is 1.49. The fraction of sp³-hybridized carbons (Fsp3) is 0.207. The number of rotatable bonds is 8. The molecular formula is C29H26ClNO5. The number of carbonyl (C=O) groups excluding carboxylic acids is 1. The molecule has 4 rings (SSSR count). The van der Waals surface area contributed by atoms with Crippen molar-refractivity contribution in [2.24, 2.45) is 0 Å². The minimum absolute atomic E-state index is 0.0183. The van der Waals surface area contributed by atoms with Crippen molar-refractivity contribution in [2.45, 2.75) is 39.2 Å². The Hall–Kier alpha value is -3.90. The number of aryl methyl sites for hydroxylation is 1. The van der Waals surface area contributed by atoms with E-state index in [2.05, 4.69) is 5.16 Å². The van der Waals surface area contributed by atoms with Crippen LogP contribution in [0.15, 0.2) is 77.3 Å². The molecule has 0 aliphatic heterocycles. The SMILES string of the molecule is Cc1noc(-c2ccc(-c3ccc(C(C)C(=O)O)cc3)cc2)c1CC(=O)O[C@H](C)c1ccccc1Cl. The van der Waals surface area contributed by atoms with Crippen molar-refractivity contribution >= 4 is 23.5 Å². The van der Waals surface area contributed by atoms with Gasteiger partial charge < -0.3 is 14.4 Å². The predicted octanol–water partition coefficient (Wildman–Crippen LogP) is 7.01. The number of benzene rings is 3. The molecule has 0 saturated carbocycles. The van der Waals surface area contributed by atoms with Crippen molar-refractivity contribution < 1.29 is 24.0 Å². The van der Waals surface area contributed by atoms with E-state index in [0.29, 0.717) is 22.0 Å². The summed E-state index contributed by atoms with van der Waals surface area (Å²) in [6.45, 7) is 5.24. The summed E-state index contributed by atoms with van der Waals surface area (Å²) >= 11 is 6.23. The summed E-state index contributed by atoms with van der Waals surface area (Å²) in [7, 11) is 0. The van der Waals surface area contributed by atoms with Gasteiger partial charge >= 0.3 is 11.9 Å². The molecule has 1 unspecified atom stereocenters. The van der Waals surface area contributed by atoms with Gasteiger partial charge in [-0.25, -0.2) is 0 Å². The Bertz CT molecular complexity index is 1380. The quantitative estimate of drug-likeness (QED) is 0.260. The van der Waals surface area contributed by atoms with Crippen LogP contribution in [-0.4, -0.2) is 22.2 Å². The summed E-state index contributed by atoms with van der Waals surface area (Å²) in [6, 6.07) is 22.5. The van der Waals surface area contributed by atoms with Crippen LogP contribution in [0.4, 0.5) is 0 Å². The average molecular weight is 504 g/mol. The Morgan fingerprint density at radius 2 is 1.53 bits per heavy atom. The Morgan fingerprint density at radius 3 is 2.14 bits per heavy atom. The normalized spacial score (nSPS) is 12.7. The van der Waals surface area contributed by atoms with Gasteiger partial charge in [-0.1, -0.05) is 83.5 Å². The van der Waals surface area contributed by atoms with Gasteiger partial charge in [-0.3, -0.25) is 9.59 Å². The van der Waals surface area contributed by atoms with Gasteiger partial charge in [0.2, 0.25) is 0 Å². The maximum absolute atomic E-state index is 12.7. The number of nitrogens with zero attached hydrogens (tertiary/aromatic N) is 1. The lowest BCUT2D eigenvalue weighted by Crippen LogP contribution is -2.12. The predicted molar refractivity (Wildman–Crippen MR) is 138 cm³/mol. The first kappa shape index (κ1) is 25.2. The van der Waals surface area contributed by atoms with Gasteiger partial charge in [-0.2, -0.15) is 0 Å². The van der Waals surface area contributed by atoms with Crippen LogP contribution in [0.2, 0.25) is 5.02 Å². The first-order valence-corrected chi connectivity index (χ1v) is 11.9. The molecule has 0 radical (unpaired) electrons. The molecule has 184 valence electrons. The van der Waals surface area contributed by atoms with Crippen molar-refractivity contribution in [1.82, 2.24) is 5.16 Å². The lowest BCUT2D eigenvalue weighted by molar-refractivity contribution is -0.147. The lowest BCUT2D eigenvalue weighted by atomic mass is 9.96. The van der Waals surface area contributed by atoms with Crippen LogP contribution in [0, 0.1) is 6.92 Å². The molecule has 0 bridgehead atoms. The minimum Gasteiger partial charge on any atom is -0.481 e. The van der Waals surface area contributed by atoms with Crippen molar-refractivity contribution in [2.75, 3.05) is 0 Å². The maximum atomic E-state index is 12.7. The molecule has 0 saturated heterocycles. The summed E-state index contributed by atoms with van der Waals surface area (Å²) in [5, 5.41) is 13.8. The zero-order chi connectivity index (χ0) is 25.8. The highest BCUT2D eigenvalue weighted by molar-refractivity contribution is 6.31. The molecule has 2 atom stereocenters. The molecule has 4 aromatic rings. The fourth-order valence-corrected chi connectivity index (χ4v) is 4.29. The Kier molecular flexibility index (Phi) is 7.55. The van der Waals surface area contributed by atoms with Crippen molar-refractivity contribution in [3.05, 3.63) is 100 Å². The number of esters is 1. The van der Waals surface area contributed by atoms with Gasteiger partial charge in [-0.15, -0.1) is 0 Å². The third-order valence-corrected chi connectivity index (χ3v) is 6.56. The zero-order valence-electron chi connectivity index (χ0n) is 20.2. The number of carboxylic acids is 1. The monoisotopic (exact) mass is 503 g/mol. The molecule has 1 aromatic heterocycles. The average Bonchev–Trinajstić information content (AvgIpc) is 3.23. The molecule has 0 aliphatic carbocycles. The minimum atomic E-state index is -0.854. The lowest BCUT2D eigenvalue weighted by Gasteiger charge is -2.15. The van der Waals surface area contributed by atoms with E-state index in [4.69, 9.17) is 20.9 Å². The van der Waals surface area contributed by atoms with E-state index in [9.17, 15) is 14.7 Å². The van der Waals surface area contributed by atoms with E-state index < -0.39 is 24.0 Å². The van der Waals surface area contributed by atoms with Gasteiger partial charge in [0.15, 0.2) is 5.76 Å². The van der Waals surface area contributed by atoms with Gasteiger partial charge in [0.1, 0.15) is 6.10 Å². The third kappa shape index (κ3) is 5.50. The van der Waals surface area contributed by atoms with E-state index in [-0.39, 0.29) is 6.42 Å². The third-order valence-electron chi connectivity index (χ3n) is 6.22. The number of ether oxygens (including phenoxy) is 1. The molecule has 6 nitrogen and oxygen atoms in total. The van der Waals surface area contributed by atoms with E-state index in [0.717, 1.165) is 27.8 Å². The van der Waals surface area contributed by atoms with Gasteiger partial charge in [0, 0.05) is 21.7 Å². The van der Waals surface area contributed by atoms with Crippen LogP contribution in [0.5, 0.6) is 0 Å². The Morgan fingerprint density at radius 1 is 0.944 bits per heavy atom. The van der Waals surface area contributed by atoms with Crippen LogP contribution >= 0.6 is 11.6 Å². The van der Waals surface area contributed by atoms with E-state index >= 15 is 0 Å². The highest BCUT2D eigenvalue weighted by Gasteiger charge is 2.21. The molecule has 0 spiro atoms. The molecule has 0 aliphatic rings. The molecular weight excluding hydrogens is 478 g/mol. The number of halogens is 1. The number of carbonyl (C=O) groups is 2. The van der Waals surface area contributed by atoms with Crippen LogP contribution in [0.3, 0.4) is 0 Å². The molecule has 0 amide bonds. The van der Waals surface area contributed by atoms with Crippen molar-refractivity contribution in [3.8, 4) is 22.5 Å². The van der Waals surface area contributed by atoms with E-state index in [1.807, 2.05) is 66.7 Å². The van der Waals surface area contributed by atoms with Crippen LogP contribution in [0.25, 0.3) is 22.5 Å². The fourth-order valence-electron chi connectivity index (χ4n) is 4.00. The van der Waals surface area contributed by atoms with Gasteiger partial charge in [-0.05, 0) is 43.5 Å². The first-order valence-electron chi connectivity index (χ1n) is 11.6. The van der Waals surface area contributed by atoms with Crippen LogP contribution < -0.4 is 0 Å². The standard InChI is InChI=1S/C29H26ClNO5/c1-17(29(33)34)20-8-10-21(11-9-20)22-12-14-23(15-13-22)28-25(18(2)31-36-28)16-27(32)35-19(3)24-6-4-5-7-26(24)30/h4-15,17,19H,16H2,1-3H3,(H,33,34)/t17?,19-/m1/s1. The van der Waals surface area contributed by atoms with E-state index in [1.165, 1.54) is 0 Å². The van der Waals surface area contributed by atoms with Crippen LogP contribution in [-0.2, 0) is 20.7 Å². The molecule has 1 N–H and O–H groups in total. The highest BCUT2D eigenvalue weighted by Crippen LogP contribution is 2.31. The second-order valence-electron chi connectivity index (χ2n) is 8.67. The molecule has 7 heteroatoms. The number of aromatic nitrogens is 1. The number of hydrogen-bond donors (Lipinski definition) is 1. The van der Waals surface area contributed by atoms with Crippen LogP contribution in [0.1, 0.15) is 48.3 Å². The smallest absolute Gasteiger partial charge is 0.311 e. The topological polar surface area (TPSA) is 89.6 Å². The van der Waals surface area contributed by atoms with Gasteiger partial charge in [0.25, 0.3) is 0 Å². The largest absolute Gasteiger partial charge is 0.481 e.